The SMILES string of the molecule is CC1=CC[C@H]2C(=O)N(c3ccc4ccccc4n3)C(=O)[C@@H]2C1. The van der Waals surface area contributed by atoms with Crippen molar-refractivity contribution in [2.24, 2.45) is 11.8 Å². The molecule has 0 N–H and O–H groups in total. The van der Waals surface area contributed by atoms with Crippen LogP contribution >= 0.6 is 0 Å². The van der Waals surface area contributed by atoms with Crippen LogP contribution in [0.2, 0.25) is 0 Å². The summed E-state index contributed by atoms with van der Waals surface area (Å²) in [5, 5.41) is 1.00. The molecule has 2 amide bonds. The number of hydrogen-bond acceptors (Lipinski definition) is 3. The summed E-state index contributed by atoms with van der Waals surface area (Å²) in [6.07, 6.45) is 3.41. The van der Waals surface area contributed by atoms with Crippen molar-refractivity contribution in [2.45, 2.75) is 19.8 Å². The smallest absolute Gasteiger partial charge is 0.239 e. The first-order valence-corrected chi connectivity index (χ1v) is 7.54. The van der Waals surface area contributed by atoms with E-state index in [1.165, 1.54) is 10.5 Å². The summed E-state index contributed by atoms with van der Waals surface area (Å²) in [6, 6.07) is 11.4. The summed E-state index contributed by atoms with van der Waals surface area (Å²) in [7, 11) is 0. The molecule has 22 heavy (non-hydrogen) atoms. The van der Waals surface area contributed by atoms with Crippen LogP contribution in [-0.2, 0) is 9.59 Å². The van der Waals surface area contributed by atoms with Crippen molar-refractivity contribution >= 4 is 28.5 Å². The van der Waals surface area contributed by atoms with Crippen molar-refractivity contribution < 1.29 is 9.59 Å². The summed E-state index contributed by atoms with van der Waals surface area (Å²) >= 11 is 0. The van der Waals surface area contributed by atoms with E-state index in [0.29, 0.717) is 18.7 Å². The molecular weight excluding hydrogens is 276 g/mol. The second kappa shape index (κ2) is 4.77. The number of rotatable bonds is 1. The van der Waals surface area contributed by atoms with Gasteiger partial charge in [0.2, 0.25) is 11.8 Å². The summed E-state index contributed by atoms with van der Waals surface area (Å²) in [5.41, 5.74) is 1.99. The van der Waals surface area contributed by atoms with Gasteiger partial charge in [-0.15, -0.1) is 0 Å². The van der Waals surface area contributed by atoms with E-state index < -0.39 is 0 Å². The molecule has 1 fully saturated rings. The third kappa shape index (κ3) is 1.87. The first-order chi connectivity index (χ1) is 10.6. The number of para-hydroxylation sites is 1. The number of nitrogens with zero attached hydrogens (tertiary/aromatic N) is 2. The molecular formula is C18H16N2O2. The van der Waals surface area contributed by atoms with Crippen molar-refractivity contribution in [3.8, 4) is 0 Å². The quantitative estimate of drug-likeness (QED) is 0.599. The van der Waals surface area contributed by atoms with Crippen molar-refractivity contribution in [3.63, 3.8) is 0 Å². The van der Waals surface area contributed by atoms with Crippen molar-refractivity contribution in [2.75, 3.05) is 4.90 Å². The van der Waals surface area contributed by atoms with E-state index in [0.717, 1.165) is 10.9 Å². The Kier molecular flexibility index (Phi) is 2.86. The lowest BCUT2D eigenvalue weighted by Crippen LogP contribution is -2.31. The molecule has 4 nitrogen and oxygen atoms in total. The van der Waals surface area contributed by atoms with Gasteiger partial charge in [-0.3, -0.25) is 9.59 Å². The van der Waals surface area contributed by atoms with Gasteiger partial charge in [0.05, 0.1) is 17.4 Å². The fourth-order valence-electron chi connectivity index (χ4n) is 3.44. The van der Waals surface area contributed by atoms with E-state index in [4.69, 9.17) is 0 Å². The van der Waals surface area contributed by atoms with E-state index >= 15 is 0 Å². The fraction of sp³-hybridized carbons (Fsp3) is 0.278. The molecule has 0 radical (unpaired) electrons. The normalized spacial score (nSPS) is 24.6. The second-order valence-corrected chi connectivity index (χ2v) is 6.08. The molecule has 4 rings (SSSR count). The molecule has 0 unspecified atom stereocenters. The van der Waals surface area contributed by atoms with Crippen LogP contribution in [0, 0.1) is 11.8 Å². The molecule has 2 atom stereocenters. The Bertz CT molecular complexity index is 825. The maximum absolute atomic E-state index is 12.7. The molecule has 2 heterocycles. The first-order valence-electron chi connectivity index (χ1n) is 7.54. The minimum absolute atomic E-state index is 0.106. The van der Waals surface area contributed by atoms with Crippen LogP contribution in [0.25, 0.3) is 10.9 Å². The van der Waals surface area contributed by atoms with E-state index in [2.05, 4.69) is 11.1 Å². The number of benzene rings is 1. The minimum atomic E-state index is -0.218. The maximum atomic E-state index is 12.7. The highest BCUT2D eigenvalue weighted by molar-refractivity contribution is 6.22. The molecule has 1 aliphatic heterocycles. The van der Waals surface area contributed by atoms with Gasteiger partial charge < -0.3 is 0 Å². The highest BCUT2D eigenvalue weighted by Crippen LogP contribution is 2.39. The van der Waals surface area contributed by atoms with Crippen molar-refractivity contribution in [1.82, 2.24) is 4.98 Å². The number of aromatic nitrogens is 1. The maximum Gasteiger partial charge on any atom is 0.239 e. The molecule has 2 aromatic rings. The second-order valence-electron chi connectivity index (χ2n) is 6.08. The molecule has 1 aliphatic carbocycles. The highest BCUT2D eigenvalue weighted by Gasteiger charge is 2.49. The number of hydrogen-bond donors (Lipinski definition) is 0. The number of pyridine rings is 1. The predicted octanol–water partition coefficient (Wildman–Crippen LogP) is 3.08. The monoisotopic (exact) mass is 292 g/mol. The molecule has 1 aromatic heterocycles. The Balaban J connectivity index is 1.75. The van der Waals surface area contributed by atoms with Gasteiger partial charge in [0.1, 0.15) is 5.82 Å². The van der Waals surface area contributed by atoms with Gasteiger partial charge in [0.25, 0.3) is 0 Å². The summed E-state index contributed by atoms with van der Waals surface area (Å²) in [6.45, 7) is 2.02. The van der Waals surface area contributed by atoms with Gasteiger partial charge in [0.15, 0.2) is 0 Å². The van der Waals surface area contributed by atoms with Crippen molar-refractivity contribution in [1.29, 1.82) is 0 Å². The van der Waals surface area contributed by atoms with E-state index in [9.17, 15) is 9.59 Å². The highest BCUT2D eigenvalue weighted by atomic mass is 16.2. The number of allylic oxidation sites excluding steroid dienone is 2. The largest absolute Gasteiger partial charge is 0.274 e. The molecule has 4 heteroatoms. The van der Waals surface area contributed by atoms with Gasteiger partial charge in [-0.2, -0.15) is 0 Å². The van der Waals surface area contributed by atoms with Crippen LogP contribution in [0.15, 0.2) is 48.0 Å². The molecule has 0 bridgehead atoms. The molecule has 2 aliphatic rings. The Morgan fingerprint density at radius 1 is 1.05 bits per heavy atom. The number of anilines is 1. The summed E-state index contributed by atoms with van der Waals surface area (Å²) < 4.78 is 0. The average molecular weight is 292 g/mol. The number of amides is 2. The summed E-state index contributed by atoms with van der Waals surface area (Å²) in [4.78, 5) is 31.1. The van der Waals surface area contributed by atoms with E-state index in [-0.39, 0.29) is 23.7 Å². The van der Waals surface area contributed by atoms with E-state index in [1.807, 2.05) is 37.3 Å². The lowest BCUT2D eigenvalue weighted by molar-refractivity contribution is -0.122. The number of imide groups is 1. The number of carbonyl (C=O) groups excluding carboxylic acids is 2. The van der Waals surface area contributed by atoms with E-state index in [1.54, 1.807) is 6.07 Å². The zero-order valence-corrected chi connectivity index (χ0v) is 12.3. The van der Waals surface area contributed by atoms with Gasteiger partial charge in [-0.25, -0.2) is 9.88 Å². The van der Waals surface area contributed by atoms with Crippen molar-refractivity contribution in [3.05, 3.63) is 48.0 Å². The van der Waals surface area contributed by atoms with Gasteiger partial charge in [-0.05, 0) is 38.0 Å². The Morgan fingerprint density at radius 2 is 1.82 bits per heavy atom. The molecule has 1 aromatic carbocycles. The van der Waals surface area contributed by atoms with Crippen LogP contribution < -0.4 is 4.90 Å². The van der Waals surface area contributed by atoms with Crippen LogP contribution in [0.5, 0.6) is 0 Å². The average Bonchev–Trinajstić information content (AvgIpc) is 2.78. The topological polar surface area (TPSA) is 50.3 Å². The predicted molar refractivity (Wildman–Crippen MR) is 84.2 cm³/mol. The number of fused-ring (bicyclic) bond motifs is 2. The summed E-state index contributed by atoms with van der Waals surface area (Å²) in [5.74, 6) is -0.206. The van der Waals surface area contributed by atoms with Gasteiger partial charge >= 0.3 is 0 Å². The first kappa shape index (κ1) is 13.2. The van der Waals surface area contributed by atoms with Crippen LogP contribution in [0.1, 0.15) is 19.8 Å². The molecule has 0 spiro atoms. The van der Waals surface area contributed by atoms with Crippen LogP contribution in [-0.4, -0.2) is 16.8 Å². The Morgan fingerprint density at radius 3 is 2.68 bits per heavy atom. The molecule has 110 valence electrons. The third-order valence-electron chi connectivity index (χ3n) is 4.64. The molecule has 0 saturated carbocycles. The fourth-order valence-corrected chi connectivity index (χ4v) is 3.44. The minimum Gasteiger partial charge on any atom is -0.274 e. The third-order valence-corrected chi connectivity index (χ3v) is 4.64. The standard InChI is InChI=1S/C18H16N2O2/c1-11-6-8-13-14(10-11)18(22)20(17(13)21)16-9-7-12-4-2-3-5-15(12)19-16/h2-7,9,13-14H,8,10H2,1H3/t13-,14-/m1/s1. The number of carbonyl (C=O) groups is 2. The van der Waals surface area contributed by atoms with Gasteiger partial charge in [0, 0.05) is 5.39 Å². The van der Waals surface area contributed by atoms with Crippen LogP contribution in [0.4, 0.5) is 5.82 Å². The Hall–Kier alpha value is -2.49. The zero-order valence-electron chi connectivity index (χ0n) is 12.3. The van der Waals surface area contributed by atoms with Gasteiger partial charge in [-0.1, -0.05) is 29.8 Å². The Labute approximate surface area is 128 Å². The zero-order chi connectivity index (χ0) is 15.3. The molecule has 1 saturated heterocycles. The lowest BCUT2D eigenvalue weighted by Gasteiger charge is -2.18. The van der Waals surface area contributed by atoms with Crippen LogP contribution in [0.3, 0.4) is 0 Å². The lowest BCUT2D eigenvalue weighted by atomic mass is 9.82.